The first-order chi connectivity index (χ1) is 14.3. The molecule has 0 amide bonds. The van der Waals surface area contributed by atoms with E-state index in [0.717, 1.165) is 30.2 Å². The second kappa shape index (κ2) is 9.16. The number of benzene rings is 2. The highest BCUT2D eigenvalue weighted by Gasteiger charge is 2.20. The van der Waals surface area contributed by atoms with Gasteiger partial charge in [-0.3, -0.25) is 4.90 Å². The van der Waals surface area contributed by atoms with Crippen molar-refractivity contribution >= 4 is 21.1 Å². The minimum atomic E-state index is -3.49. The number of nitrogens with zero attached hydrogens (tertiary/aromatic N) is 4. The second-order valence-corrected chi connectivity index (χ2v) is 9.61. The minimum Gasteiger partial charge on any atom is -0.494 e. The third kappa shape index (κ3) is 4.66. The van der Waals surface area contributed by atoms with Gasteiger partial charge in [-0.25, -0.2) is 17.7 Å². The van der Waals surface area contributed by atoms with Gasteiger partial charge in [0.25, 0.3) is 0 Å². The quantitative estimate of drug-likeness (QED) is 0.521. The van der Waals surface area contributed by atoms with Crippen LogP contribution in [0.1, 0.15) is 25.2 Å². The van der Waals surface area contributed by atoms with E-state index in [0.29, 0.717) is 18.7 Å². The molecule has 0 spiro atoms. The lowest BCUT2D eigenvalue weighted by Crippen LogP contribution is -2.22. The van der Waals surface area contributed by atoms with Gasteiger partial charge in [0.15, 0.2) is 0 Å². The number of sulfonamides is 1. The van der Waals surface area contributed by atoms with Gasteiger partial charge in [0, 0.05) is 27.2 Å². The molecular weight excluding hydrogens is 400 g/mol. The third-order valence-corrected chi connectivity index (χ3v) is 6.80. The van der Waals surface area contributed by atoms with E-state index in [4.69, 9.17) is 9.72 Å². The number of imidazole rings is 1. The molecule has 7 nitrogen and oxygen atoms in total. The smallest absolute Gasteiger partial charge is 0.242 e. The van der Waals surface area contributed by atoms with E-state index in [1.807, 2.05) is 25.1 Å². The Hall–Kier alpha value is -2.42. The maximum absolute atomic E-state index is 12.5. The van der Waals surface area contributed by atoms with Crippen molar-refractivity contribution in [3.05, 3.63) is 53.9 Å². The summed E-state index contributed by atoms with van der Waals surface area (Å²) in [6.45, 7) is 6.90. The fraction of sp³-hybridized carbons (Fsp3) is 0.409. The Bertz CT molecular complexity index is 1110. The number of ether oxygens (including phenoxy) is 1. The molecule has 0 atom stereocenters. The summed E-state index contributed by atoms with van der Waals surface area (Å²) in [6.07, 6.45) is 0. The first-order valence-corrected chi connectivity index (χ1v) is 11.5. The maximum Gasteiger partial charge on any atom is 0.242 e. The topological polar surface area (TPSA) is 67.7 Å². The standard InChI is InChI=1S/C22H30N4O3S/c1-6-26-21-13-12-19(30(27,28)24(3)4)14-20(21)23-22(26)16-25(5)15-17-8-10-18(11-9-17)29-7-2/h8-14H,6-7,15-16H2,1-5H3. The molecule has 162 valence electrons. The molecule has 1 heterocycles. The van der Waals surface area contributed by atoms with E-state index in [1.54, 1.807) is 12.1 Å². The van der Waals surface area contributed by atoms with Crippen LogP contribution in [-0.4, -0.2) is 54.9 Å². The molecule has 0 saturated carbocycles. The highest BCUT2D eigenvalue weighted by Crippen LogP contribution is 2.23. The van der Waals surface area contributed by atoms with Gasteiger partial charge in [-0.15, -0.1) is 0 Å². The molecular formula is C22H30N4O3S. The summed E-state index contributed by atoms with van der Waals surface area (Å²) in [5.41, 5.74) is 2.84. The Morgan fingerprint density at radius 3 is 2.30 bits per heavy atom. The maximum atomic E-state index is 12.5. The van der Waals surface area contributed by atoms with Crippen LogP contribution in [0, 0.1) is 0 Å². The number of aromatic nitrogens is 2. The van der Waals surface area contributed by atoms with E-state index in [2.05, 4.69) is 35.6 Å². The number of aryl methyl sites for hydroxylation is 1. The van der Waals surface area contributed by atoms with Crippen molar-refractivity contribution in [2.75, 3.05) is 27.7 Å². The fourth-order valence-electron chi connectivity index (χ4n) is 3.47. The number of fused-ring (bicyclic) bond motifs is 1. The van der Waals surface area contributed by atoms with Crippen LogP contribution in [0.3, 0.4) is 0 Å². The molecule has 8 heteroatoms. The van der Waals surface area contributed by atoms with E-state index >= 15 is 0 Å². The number of hydrogen-bond donors (Lipinski definition) is 0. The zero-order chi connectivity index (χ0) is 21.9. The minimum absolute atomic E-state index is 0.259. The molecule has 0 fully saturated rings. The fourth-order valence-corrected chi connectivity index (χ4v) is 4.39. The molecule has 1 aromatic heterocycles. The lowest BCUT2D eigenvalue weighted by molar-refractivity contribution is 0.305. The molecule has 0 aliphatic heterocycles. The molecule has 0 unspecified atom stereocenters. The van der Waals surface area contributed by atoms with E-state index in [9.17, 15) is 8.42 Å². The SMILES string of the molecule is CCOc1ccc(CN(C)Cc2nc3cc(S(=O)(=O)N(C)C)ccc3n2CC)cc1. The van der Waals surface area contributed by atoms with Gasteiger partial charge >= 0.3 is 0 Å². The van der Waals surface area contributed by atoms with Gasteiger partial charge in [-0.05, 0) is 56.8 Å². The highest BCUT2D eigenvalue weighted by atomic mass is 32.2. The summed E-state index contributed by atoms with van der Waals surface area (Å²) in [5, 5.41) is 0. The molecule has 30 heavy (non-hydrogen) atoms. The molecule has 0 aliphatic carbocycles. The summed E-state index contributed by atoms with van der Waals surface area (Å²) < 4.78 is 33.8. The average molecular weight is 431 g/mol. The monoisotopic (exact) mass is 430 g/mol. The largest absolute Gasteiger partial charge is 0.494 e. The Kier molecular flexibility index (Phi) is 6.80. The Labute approximate surface area is 178 Å². The summed E-state index contributed by atoms with van der Waals surface area (Å²) in [7, 11) is 1.63. The van der Waals surface area contributed by atoms with Crippen LogP contribution < -0.4 is 4.74 Å². The first kappa shape index (κ1) is 22.3. The summed E-state index contributed by atoms with van der Waals surface area (Å²) >= 11 is 0. The number of rotatable bonds is 9. The van der Waals surface area contributed by atoms with Gasteiger partial charge in [0.1, 0.15) is 11.6 Å². The Morgan fingerprint density at radius 2 is 1.70 bits per heavy atom. The van der Waals surface area contributed by atoms with Gasteiger partial charge in [0.05, 0.1) is 29.1 Å². The van der Waals surface area contributed by atoms with Crippen molar-refractivity contribution in [1.29, 1.82) is 0 Å². The first-order valence-electron chi connectivity index (χ1n) is 10.1. The molecule has 3 aromatic rings. The zero-order valence-corrected chi connectivity index (χ0v) is 19.1. The third-order valence-electron chi connectivity index (χ3n) is 4.99. The van der Waals surface area contributed by atoms with Gasteiger partial charge < -0.3 is 9.30 Å². The highest BCUT2D eigenvalue weighted by molar-refractivity contribution is 7.89. The summed E-state index contributed by atoms with van der Waals surface area (Å²) in [6, 6.07) is 13.3. The molecule has 3 rings (SSSR count). The van der Waals surface area contributed by atoms with Gasteiger partial charge in [-0.1, -0.05) is 12.1 Å². The van der Waals surface area contributed by atoms with Crippen LogP contribution in [0.25, 0.3) is 11.0 Å². The van der Waals surface area contributed by atoms with E-state index in [-0.39, 0.29) is 4.90 Å². The van der Waals surface area contributed by atoms with Crippen LogP contribution in [0.4, 0.5) is 0 Å². The molecule has 0 radical (unpaired) electrons. The van der Waals surface area contributed by atoms with Crippen LogP contribution in [-0.2, 0) is 29.7 Å². The zero-order valence-electron chi connectivity index (χ0n) is 18.3. The lowest BCUT2D eigenvalue weighted by Gasteiger charge is -2.17. The van der Waals surface area contributed by atoms with Crippen LogP contribution in [0.5, 0.6) is 5.75 Å². The average Bonchev–Trinajstić information content (AvgIpc) is 3.05. The predicted molar refractivity (Wildman–Crippen MR) is 119 cm³/mol. The Balaban J connectivity index is 1.82. The van der Waals surface area contributed by atoms with Gasteiger partial charge in [0.2, 0.25) is 10.0 Å². The predicted octanol–water partition coefficient (Wildman–Crippen LogP) is 3.34. The van der Waals surface area contributed by atoms with Crippen molar-refractivity contribution in [1.82, 2.24) is 18.8 Å². The van der Waals surface area contributed by atoms with Crippen molar-refractivity contribution in [3.8, 4) is 5.75 Å². The summed E-state index contributed by atoms with van der Waals surface area (Å²) in [5.74, 6) is 1.79. The van der Waals surface area contributed by atoms with Crippen molar-refractivity contribution in [2.45, 2.75) is 38.4 Å². The number of hydrogen-bond acceptors (Lipinski definition) is 5. The van der Waals surface area contributed by atoms with Crippen molar-refractivity contribution in [2.24, 2.45) is 0 Å². The van der Waals surface area contributed by atoms with Gasteiger partial charge in [-0.2, -0.15) is 0 Å². The van der Waals surface area contributed by atoms with Crippen LogP contribution in [0.2, 0.25) is 0 Å². The molecule has 0 N–H and O–H groups in total. The van der Waals surface area contributed by atoms with Crippen molar-refractivity contribution in [3.63, 3.8) is 0 Å². The molecule has 0 aliphatic rings. The van der Waals surface area contributed by atoms with E-state index in [1.165, 1.54) is 24.0 Å². The van der Waals surface area contributed by atoms with Crippen molar-refractivity contribution < 1.29 is 13.2 Å². The normalized spacial score (nSPS) is 12.2. The van der Waals surface area contributed by atoms with E-state index < -0.39 is 10.0 Å². The van der Waals surface area contributed by atoms with Crippen LogP contribution in [0.15, 0.2) is 47.4 Å². The molecule has 0 saturated heterocycles. The second-order valence-electron chi connectivity index (χ2n) is 7.46. The Morgan fingerprint density at radius 1 is 1.00 bits per heavy atom. The summed E-state index contributed by atoms with van der Waals surface area (Å²) in [4.78, 5) is 7.21. The lowest BCUT2D eigenvalue weighted by atomic mass is 10.2. The van der Waals surface area contributed by atoms with Crippen LogP contribution >= 0.6 is 0 Å². The molecule has 0 bridgehead atoms. The molecule has 2 aromatic carbocycles.